The van der Waals surface area contributed by atoms with E-state index in [0.29, 0.717) is 34.3 Å². The van der Waals surface area contributed by atoms with Gasteiger partial charge in [-0.1, -0.05) is 6.07 Å². The molecule has 5 rings (SSSR count). The zero-order valence-corrected chi connectivity index (χ0v) is 23.4. The van der Waals surface area contributed by atoms with E-state index in [2.05, 4.69) is 20.7 Å². The van der Waals surface area contributed by atoms with E-state index in [1.165, 1.54) is 17.5 Å². The predicted octanol–water partition coefficient (Wildman–Crippen LogP) is 3.65. The fraction of sp³-hybridized carbons (Fsp3) is 0.241. The molecule has 3 aromatic heterocycles. The van der Waals surface area contributed by atoms with Gasteiger partial charge in [0.2, 0.25) is 0 Å². The van der Waals surface area contributed by atoms with E-state index >= 15 is 0 Å². The number of anilines is 2. The van der Waals surface area contributed by atoms with Gasteiger partial charge in [-0.2, -0.15) is 0 Å². The Bertz CT molecular complexity index is 1600. The molecule has 0 saturated heterocycles. The lowest BCUT2D eigenvalue weighted by Gasteiger charge is -2.33. The van der Waals surface area contributed by atoms with Crippen LogP contribution < -0.4 is 22.3 Å². The lowest BCUT2D eigenvalue weighted by molar-refractivity contribution is 0.0611. The van der Waals surface area contributed by atoms with E-state index in [9.17, 15) is 9.90 Å². The average molecular weight is 557 g/mol. The summed E-state index contributed by atoms with van der Waals surface area (Å²) >= 11 is 1.42. The molecule has 0 saturated carbocycles. The van der Waals surface area contributed by atoms with Crippen LogP contribution in [0, 0.1) is 6.92 Å². The van der Waals surface area contributed by atoms with Crippen LogP contribution in [-0.2, 0) is 12.0 Å². The first-order valence-electron chi connectivity index (χ1n) is 12.9. The van der Waals surface area contributed by atoms with Crippen LogP contribution in [0.25, 0.3) is 16.3 Å². The highest BCUT2D eigenvalue weighted by molar-refractivity contribution is 7.15. The number of thiazole rings is 1. The number of aryl methyl sites for hydroxylation is 2. The van der Waals surface area contributed by atoms with Crippen molar-refractivity contribution in [2.75, 3.05) is 19.4 Å². The Balaban J connectivity index is 1.43. The lowest BCUT2D eigenvalue weighted by atomic mass is 9.79. The minimum atomic E-state index is -1.22. The highest BCUT2D eigenvalue weighted by Crippen LogP contribution is 2.43. The number of hydrogen-bond donors (Lipinski definition) is 5. The van der Waals surface area contributed by atoms with E-state index in [4.69, 9.17) is 16.6 Å². The van der Waals surface area contributed by atoms with E-state index in [1.54, 1.807) is 43.5 Å². The zero-order chi connectivity index (χ0) is 28.4. The number of aliphatic hydroxyl groups is 1. The second kappa shape index (κ2) is 11.0. The van der Waals surface area contributed by atoms with E-state index in [-0.39, 0.29) is 5.91 Å². The maximum atomic E-state index is 12.5. The van der Waals surface area contributed by atoms with Gasteiger partial charge in [-0.3, -0.25) is 10.6 Å². The number of rotatable bonds is 7. The molecule has 1 unspecified atom stereocenters. The average Bonchev–Trinajstić information content (AvgIpc) is 3.44. The van der Waals surface area contributed by atoms with E-state index < -0.39 is 5.60 Å². The summed E-state index contributed by atoms with van der Waals surface area (Å²) in [6.45, 7) is 1.99. The van der Waals surface area contributed by atoms with Crippen molar-refractivity contribution in [2.24, 2.45) is 11.6 Å². The molecule has 0 bridgehead atoms. The highest BCUT2D eigenvalue weighted by Gasteiger charge is 2.39. The SMILES string of the molecule is Cc1cc(Nc2cc(/C(N)=C/NN)ccn2)nc(-c2cnc(C3(O)CCCc4cc(C(=O)N(C)C)ccc43)s2)c1. The topological polar surface area (TPSA) is 155 Å². The molecule has 4 aromatic rings. The molecule has 0 aliphatic heterocycles. The monoisotopic (exact) mass is 556 g/mol. The summed E-state index contributed by atoms with van der Waals surface area (Å²) < 4.78 is 0. The third-order valence-electron chi connectivity index (χ3n) is 6.86. The number of hydrogen-bond acceptors (Lipinski definition) is 10. The summed E-state index contributed by atoms with van der Waals surface area (Å²) in [5.74, 6) is 6.49. The molecule has 3 heterocycles. The molecule has 1 aliphatic rings. The molecule has 1 aromatic carbocycles. The van der Waals surface area contributed by atoms with Gasteiger partial charge in [0.25, 0.3) is 5.91 Å². The van der Waals surface area contributed by atoms with Crippen LogP contribution in [0.1, 0.15) is 50.5 Å². The molecule has 0 fully saturated rings. The number of aromatic nitrogens is 3. The summed E-state index contributed by atoms with van der Waals surface area (Å²) in [4.78, 5) is 28.7. The van der Waals surface area contributed by atoms with Gasteiger partial charge in [0.05, 0.1) is 16.3 Å². The molecule has 1 amide bonds. The fourth-order valence-corrected chi connectivity index (χ4v) is 5.92. The molecule has 1 aliphatic carbocycles. The van der Waals surface area contributed by atoms with Crippen molar-refractivity contribution < 1.29 is 9.90 Å². The number of nitrogens with zero attached hydrogens (tertiary/aromatic N) is 4. The zero-order valence-electron chi connectivity index (χ0n) is 22.6. The van der Waals surface area contributed by atoms with E-state index in [0.717, 1.165) is 45.7 Å². The van der Waals surface area contributed by atoms with Gasteiger partial charge >= 0.3 is 0 Å². The molecule has 0 radical (unpaired) electrons. The van der Waals surface area contributed by atoms with Crippen LogP contribution >= 0.6 is 11.3 Å². The summed E-state index contributed by atoms with van der Waals surface area (Å²) in [5, 5.41) is 15.8. The number of nitrogens with one attached hydrogen (secondary N) is 2. The Hall–Kier alpha value is -4.32. The van der Waals surface area contributed by atoms with Crippen LogP contribution in [0.5, 0.6) is 0 Å². The van der Waals surface area contributed by atoms with Gasteiger partial charge in [0.15, 0.2) is 0 Å². The van der Waals surface area contributed by atoms with Gasteiger partial charge in [0, 0.05) is 43.8 Å². The maximum Gasteiger partial charge on any atom is 0.253 e. The van der Waals surface area contributed by atoms with Crippen LogP contribution in [0.2, 0.25) is 0 Å². The number of benzene rings is 1. The smallest absolute Gasteiger partial charge is 0.253 e. The van der Waals surface area contributed by atoms with Gasteiger partial charge in [-0.05, 0) is 79.3 Å². The number of amides is 1. The van der Waals surface area contributed by atoms with Crippen LogP contribution in [0.15, 0.2) is 61.1 Å². The Morgan fingerprint density at radius 2 is 1.95 bits per heavy atom. The molecular weight excluding hydrogens is 524 g/mol. The molecule has 7 N–H and O–H groups in total. The second-order valence-electron chi connectivity index (χ2n) is 10.1. The standard InChI is InChI=1S/C29H32N8O2S/c1-17-11-23(35-26(12-17)36-25-14-19(8-10-32-25)22(30)15-34-31)24-16-33-28(40-24)29(39)9-4-5-18-13-20(6-7-21(18)29)27(38)37(2)3/h6-8,10-16,34,39H,4-5,9,30-31H2,1-3H3,(H,32,35,36)/b22-15-. The first-order valence-corrected chi connectivity index (χ1v) is 13.7. The largest absolute Gasteiger partial charge is 0.397 e. The number of nitrogens with two attached hydrogens (primary N) is 2. The fourth-order valence-electron chi connectivity index (χ4n) is 4.91. The third kappa shape index (κ3) is 5.39. The molecule has 206 valence electrons. The minimum absolute atomic E-state index is 0.0576. The lowest BCUT2D eigenvalue weighted by Crippen LogP contribution is -2.32. The highest BCUT2D eigenvalue weighted by atomic mass is 32.1. The van der Waals surface area contributed by atoms with Crippen molar-refractivity contribution in [1.29, 1.82) is 0 Å². The number of carbonyl (C=O) groups is 1. The number of pyridine rings is 2. The molecule has 11 heteroatoms. The van der Waals surface area contributed by atoms with Crippen molar-refractivity contribution >= 4 is 34.6 Å². The minimum Gasteiger partial charge on any atom is -0.397 e. The summed E-state index contributed by atoms with van der Waals surface area (Å²) in [7, 11) is 3.47. The van der Waals surface area contributed by atoms with Gasteiger partial charge < -0.3 is 26.5 Å². The molecule has 40 heavy (non-hydrogen) atoms. The normalized spacial score (nSPS) is 16.8. The molecule has 10 nitrogen and oxygen atoms in total. The van der Waals surface area contributed by atoms with Gasteiger partial charge in [0.1, 0.15) is 22.2 Å². The van der Waals surface area contributed by atoms with Crippen molar-refractivity contribution in [3.8, 4) is 10.6 Å². The Morgan fingerprint density at radius 3 is 2.73 bits per heavy atom. The summed E-state index contributed by atoms with van der Waals surface area (Å²) in [5.41, 5.74) is 12.6. The number of hydrazine groups is 1. The van der Waals surface area contributed by atoms with Crippen molar-refractivity contribution in [3.05, 3.63) is 93.9 Å². The summed E-state index contributed by atoms with van der Waals surface area (Å²) in [6, 6.07) is 13.1. The van der Waals surface area contributed by atoms with Crippen LogP contribution in [0.4, 0.5) is 11.6 Å². The molecule has 0 spiro atoms. The molecular formula is C29H32N8O2S. The predicted molar refractivity (Wildman–Crippen MR) is 157 cm³/mol. The first kappa shape index (κ1) is 27.3. The van der Waals surface area contributed by atoms with Crippen LogP contribution in [0.3, 0.4) is 0 Å². The Kier molecular flexibility index (Phi) is 7.53. The van der Waals surface area contributed by atoms with Crippen molar-refractivity contribution in [2.45, 2.75) is 31.8 Å². The number of fused-ring (bicyclic) bond motifs is 1. The maximum absolute atomic E-state index is 12.5. The Morgan fingerprint density at radius 1 is 1.12 bits per heavy atom. The van der Waals surface area contributed by atoms with E-state index in [1.807, 2.05) is 37.3 Å². The van der Waals surface area contributed by atoms with Crippen molar-refractivity contribution in [3.63, 3.8) is 0 Å². The van der Waals surface area contributed by atoms with Crippen molar-refractivity contribution in [1.82, 2.24) is 25.3 Å². The third-order valence-corrected chi connectivity index (χ3v) is 8.03. The molecule has 1 atom stereocenters. The van der Waals surface area contributed by atoms with Gasteiger partial charge in [-0.15, -0.1) is 11.3 Å². The number of carbonyl (C=O) groups excluding carboxylic acids is 1. The Labute approximate surface area is 236 Å². The quantitative estimate of drug-likeness (QED) is 0.169. The second-order valence-corrected chi connectivity index (χ2v) is 11.1. The van der Waals surface area contributed by atoms with Gasteiger partial charge in [-0.25, -0.2) is 15.0 Å². The summed E-state index contributed by atoms with van der Waals surface area (Å²) in [6.07, 6.45) is 7.07. The first-order chi connectivity index (χ1) is 19.2. The van der Waals surface area contributed by atoms with Crippen LogP contribution in [-0.4, -0.2) is 45.0 Å².